The molecule has 0 aromatic heterocycles. The van der Waals surface area contributed by atoms with Crippen LogP contribution in [0.2, 0.25) is 0 Å². The number of benzene rings is 1. The Morgan fingerprint density at radius 3 is 2.65 bits per heavy atom. The Labute approximate surface area is 131 Å². The molecule has 1 aromatic rings. The molecular weight excluding hydrogens is 312 g/mol. The van der Waals surface area contributed by atoms with Crippen molar-refractivity contribution in [2.75, 3.05) is 13.7 Å². The van der Waals surface area contributed by atoms with E-state index in [-0.39, 0.29) is 36.5 Å². The first-order valence-electron chi connectivity index (χ1n) is 7.04. The minimum Gasteiger partial charge on any atom is -0.493 e. The normalized spacial score (nSPS) is 13.6. The molecule has 1 aromatic carbocycles. The minimum atomic E-state index is -2.95. The van der Waals surface area contributed by atoms with Gasteiger partial charge in [0.15, 0.2) is 18.1 Å². The smallest absolute Gasteiger partial charge is 0.387 e. The van der Waals surface area contributed by atoms with Gasteiger partial charge in [-0.1, -0.05) is 6.07 Å². The zero-order chi connectivity index (χ0) is 16.8. The summed E-state index contributed by atoms with van der Waals surface area (Å²) in [6.07, 6.45) is 1.63. The molecule has 23 heavy (non-hydrogen) atoms. The zero-order valence-electron chi connectivity index (χ0n) is 12.5. The van der Waals surface area contributed by atoms with E-state index in [1.54, 1.807) is 0 Å². The second-order valence-corrected chi connectivity index (χ2v) is 5.02. The predicted octanol–water partition coefficient (Wildman–Crippen LogP) is 1.87. The van der Waals surface area contributed by atoms with E-state index in [4.69, 9.17) is 9.47 Å². The SMILES string of the molecule is COc1cc(CNC(=O)COC(=O)C2CC2)ccc1OC(F)F. The van der Waals surface area contributed by atoms with E-state index in [9.17, 15) is 18.4 Å². The Morgan fingerprint density at radius 1 is 1.30 bits per heavy atom. The predicted molar refractivity (Wildman–Crippen MR) is 75.2 cm³/mol. The van der Waals surface area contributed by atoms with E-state index in [0.29, 0.717) is 5.56 Å². The number of nitrogens with one attached hydrogen (secondary N) is 1. The first kappa shape index (κ1) is 17.0. The Hall–Kier alpha value is -2.38. The molecule has 0 bridgehead atoms. The van der Waals surface area contributed by atoms with Crippen molar-refractivity contribution >= 4 is 11.9 Å². The lowest BCUT2D eigenvalue weighted by atomic mass is 10.2. The molecule has 1 fully saturated rings. The van der Waals surface area contributed by atoms with Crippen molar-refractivity contribution in [1.82, 2.24) is 5.32 Å². The van der Waals surface area contributed by atoms with Gasteiger partial charge in [0.05, 0.1) is 13.0 Å². The van der Waals surface area contributed by atoms with Crippen molar-refractivity contribution in [2.45, 2.75) is 26.0 Å². The van der Waals surface area contributed by atoms with Crippen LogP contribution in [0, 0.1) is 5.92 Å². The van der Waals surface area contributed by atoms with Crippen LogP contribution in [0.15, 0.2) is 18.2 Å². The summed E-state index contributed by atoms with van der Waals surface area (Å²) in [5.74, 6) is -0.802. The number of rotatable bonds is 8. The number of ether oxygens (including phenoxy) is 3. The van der Waals surface area contributed by atoms with Crippen LogP contribution in [0.1, 0.15) is 18.4 Å². The number of alkyl halides is 2. The van der Waals surface area contributed by atoms with Crippen LogP contribution < -0.4 is 14.8 Å². The van der Waals surface area contributed by atoms with Gasteiger partial charge < -0.3 is 19.5 Å². The van der Waals surface area contributed by atoms with Gasteiger partial charge in [-0.25, -0.2) is 0 Å². The molecule has 0 spiro atoms. The van der Waals surface area contributed by atoms with Gasteiger partial charge in [0.25, 0.3) is 5.91 Å². The van der Waals surface area contributed by atoms with E-state index in [1.807, 2.05) is 0 Å². The Bertz CT molecular complexity index is 575. The highest BCUT2D eigenvalue weighted by Crippen LogP contribution is 2.30. The van der Waals surface area contributed by atoms with E-state index >= 15 is 0 Å². The number of hydrogen-bond donors (Lipinski definition) is 1. The second-order valence-electron chi connectivity index (χ2n) is 5.02. The number of halogens is 2. The Balaban J connectivity index is 1.82. The molecule has 2 rings (SSSR count). The summed E-state index contributed by atoms with van der Waals surface area (Å²) in [6, 6.07) is 4.34. The largest absolute Gasteiger partial charge is 0.493 e. The molecule has 0 saturated heterocycles. The summed E-state index contributed by atoms with van der Waals surface area (Å²) in [6.45, 7) is -3.14. The average molecular weight is 329 g/mol. The Morgan fingerprint density at radius 2 is 2.04 bits per heavy atom. The molecule has 0 heterocycles. The van der Waals surface area contributed by atoms with Crippen LogP contribution in [-0.4, -0.2) is 32.2 Å². The molecule has 1 amide bonds. The third-order valence-corrected chi connectivity index (χ3v) is 3.19. The number of amides is 1. The van der Waals surface area contributed by atoms with Crippen molar-refractivity contribution in [3.63, 3.8) is 0 Å². The van der Waals surface area contributed by atoms with E-state index in [1.165, 1.54) is 25.3 Å². The van der Waals surface area contributed by atoms with Gasteiger partial charge in [0, 0.05) is 6.54 Å². The molecule has 0 radical (unpaired) electrons. The van der Waals surface area contributed by atoms with E-state index < -0.39 is 12.5 Å². The van der Waals surface area contributed by atoms with Gasteiger partial charge in [0.2, 0.25) is 0 Å². The maximum Gasteiger partial charge on any atom is 0.387 e. The van der Waals surface area contributed by atoms with Gasteiger partial charge >= 0.3 is 12.6 Å². The summed E-state index contributed by atoms with van der Waals surface area (Å²) in [7, 11) is 1.33. The summed E-state index contributed by atoms with van der Waals surface area (Å²) in [4.78, 5) is 22.9. The average Bonchev–Trinajstić information content (AvgIpc) is 3.35. The molecule has 0 aliphatic heterocycles. The minimum absolute atomic E-state index is 0.0607. The highest BCUT2D eigenvalue weighted by Gasteiger charge is 2.31. The maximum atomic E-state index is 12.2. The molecule has 0 atom stereocenters. The molecule has 1 aliphatic carbocycles. The summed E-state index contributed by atoms with van der Waals surface area (Å²) in [5, 5.41) is 2.56. The molecule has 1 saturated carbocycles. The molecule has 1 aliphatic rings. The molecule has 0 unspecified atom stereocenters. The first-order valence-corrected chi connectivity index (χ1v) is 7.04. The highest BCUT2D eigenvalue weighted by atomic mass is 19.3. The second kappa shape index (κ2) is 7.75. The van der Waals surface area contributed by atoms with Crippen LogP contribution in [0.25, 0.3) is 0 Å². The lowest BCUT2D eigenvalue weighted by molar-refractivity contribution is -0.149. The highest BCUT2D eigenvalue weighted by molar-refractivity contribution is 5.82. The van der Waals surface area contributed by atoms with Gasteiger partial charge in [-0.15, -0.1) is 0 Å². The third-order valence-electron chi connectivity index (χ3n) is 3.19. The molecule has 6 nitrogen and oxygen atoms in total. The summed E-state index contributed by atoms with van der Waals surface area (Å²) >= 11 is 0. The van der Waals surface area contributed by atoms with Crippen molar-refractivity contribution in [3.8, 4) is 11.5 Å². The summed E-state index contributed by atoms with van der Waals surface area (Å²) in [5.41, 5.74) is 0.630. The lowest BCUT2D eigenvalue weighted by Crippen LogP contribution is -2.28. The van der Waals surface area contributed by atoms with Crippen molar-refractivity contribution in [1.29, 1.82) is 0 Å². The number of methoxy groups -OCH3 is 1. The molecule has 1 N–H and O–H groups in total. The van der Waals surface area contributed by atoms with Gasteiger partial charge in [0.1, 0.15) is 0 Å². The fourth-order valence-electron chi connectivity index (χ4n) is 1.84. The fraction of sp³-hybridized carbons (Fsp3) is 0.467. The first-order chi connectivity index (χ1) is 11.0. The monoisotopic (exact) mass is 329 g/mol. The van der Waals surface area contributed by atoms with Gasteiger partial charge in [-0.05, 0) is 30.5 Å². The van der Waals surface area contributed by atoms with Crippen LogP contribution in [-0.2, 0) is 20.9 Å². The topological polar surface area (TPSA) is 73.9 Å². The fourth-order valence-corrected chi connectivity index (χ4v) is 1.84. The number of carbonyl (C=O) groups excluding carboxylic acids is 2. The zero-order valence-corrected chi connectivity index (χ0v) is 12.5. The van der Waals surface area contributed by atoms with Crippen LogP contribution in [0.5, 0.6) is 11.5 Å². The van der Waals surface area contributed by atoms with Gasteiger partial charge in [-0.2, -0.15) is 8.78 Å². The molecule has 8 heteroatoms. The molecular formula is C15H17F2NO5. The third kappa shape index (κ3) is 5.39. The van der Waals surface area contributed by atoms with E-state index in [0.717, 1.165) is 12.8 Å². The van der Waals surface area contributed by atoms with E-state index in [2.05, 4.69) is 10.1 Å². The summed E-state index contributed by atoms with van der Waals surface area (Å²) < 4.78 is 38.6. The van der Waals surface area contributed by atoms with Crippen molar-refractivity contribution in [3.05, 3.63) is 23.8 Å². The number of carbonyl (C=O) groups is 2. The number of esters is 1. The maximum absolute atomic E-state index is 12.2. The molecule has 126 valence electrons. The van der Waals surface area contributed by atoms with Gasteiger partial charge in [-0.3, -0.25) is 9.59 Å². The van der Waals surface area contributed by atoms with Crippen molar-refractivity contribution < 1.29 is 32.6 Å². The number of hydrogen-bond acceptors (Lipinski definition) is 5. The lowest BCUT2D eigenvalue weighted by Gasteiger charge is -2.12. The van der Waals surface area contributed by atoms with Crippen molar-refractivity contribution in [2.24, 2.45) is 5.92 Å². The van der Waals surface area contributed by atoms with Crippen LogP contribution in [0.3, 0.4) is 0 Å². The Kier molecular flexibility index (Phi) is 5.72. The standard InChI is InChI=1S/C15H17F2NO5/c1-21-12-6-9(2-5-11(12)23-15(16)17)7-18-13(19)8-22-14(20)10-3-4-10/h2,5-6,10,15H,3-4,7-8H2,1H3,(H,18,19). The quantitative estimate of drug-likeness (QED) is 0.737. The van der Waals surface area contributed by atoms with Crippen LogP contribution in [0.4, 0.5) is 8.78 Å². The van der Waals surface area contributed by atoms with Crippen LogP contribution >= 0.6 is 0 Å².